The van der Waals surface area contributed by atoms with Crippen molar-refractivity contribution in [2.45, 2.75) is 13.3 Å². The first-order valence-electron chi connectivity index (χ1n) is 5.94. The van der Waals surface area contributed by atoms with E-state index in [1.807, 2.05) is 11.3 Å². The molecule has 0 aliphatic carbocycles. The summed E-state index contributed by atoms with van der Waals surface area (Å²) in [7, 11) is 0. The highest BCUT2D eigenvalue weighted by Gasteiger charge is 2.09. The Balaban J connectivity index is 2.39. The Morgan fingerprint density at radius 1 is 0.941 bits per heavy atom. The Morgan fingerprint density at radius 2 is 1.82 bits per heavy atom. The summed E-state index contributed by atoms with van der Waals surface area (Å²) in [4.78, 5) is 1.37. The van der Waals surface area contributed by atoms with Crippen molar-refractivity contribution in [2.75, 3.05) is 0 Å². The van der Waals surface area contributed by atoms with Crippen LogP contribution in [0.25, 0.3) is 21.2 Å². The molecule has 0 aliphatic heterocycles. The minimum Gasteiger partial charge on any atom is -0.144 e. The van der Waals surface area contributed by atoms with E-state index in [2.05, 4.69) is 60.8 Å². The van der Waals surface area contributed by atoms with Gasteiger partial charge < -0.3 is 0 Å². The third-order valence-corrected chi connectivity index (χ3v) is 4.05. The molecule has 3 rings (SSSR count). The van der Waals surface area contributed by atoms with Gasteiger partial charge in [-0.2, -0.15) is 0 Å². The van der Waals surface area contributed by atoms with Gasteiger partial charge in [0.2, 0.25) is 0 Å². The van der Waals surface area contributed by atoms with Gasteiger partial charge in [0.05, 0.1) is 0 Å². The summed E-state index contributed by atoms with van der Waals surface area (Å²) in [6, 6.07) is 17.5. The standard InChI is InChI=1S/C16H14S/c1-2-12-9-10-13-6-3-4-7-14(13)16(12)15-8-5-11-17-15/h3-11H,2H2,1H3. The fraction of sp³-hybridized carbons (Fsp3) is 0.125. The molecule has 84 valence electrons. The van der Waals surface area contributed by atoms with E-state index in [0.29, 0.717) is 0 Å². The van der Waals surface area contributed by atoms with Crippen LogP contribution in [-0.2, 0) is 6.42 Å². The van der Waals surface area contributed by atoms with Crippen LogP contribution in [-0.4, -0.2) is 0 Å². The van der Waals surface area contributed by atoms with E-state index in [1.165, 1.54) is 26.8 Å². The van der Waals surface area contributed by atoms with Crippen molar-refractivity contribution in [3.05, 3.63) is 59.5 Å². The lowest BCUT2D eigenvalue weighted by atomic mass is 9.96. The third kappa shape index (κ3) is 1.77. The normalized spacial score (nSPS) is 10.9. The van der Waals surface area contributed by atoms with Gasteiger partial charge in [-0.1, -0.05) is 49.4 Å². The lowest BCUT2D eigenvalue weighted by Gasteiger charge is -2.10. The van der Waals surface area contributed by atoms with Crippen molar-refractivity contribution in [2.24, 2.45) is 0 Å². The maximum absolute atomic E-state index is 2.26. The average Bonchev–Trinajstić information content (AvgIpc) is 2.91. The molecule has 0 unspecified atom stereocenters. The van der Waals surface area contributed by atoms with E-state index in [0.717, 1.165) is 6.42 Å². The summed E-state index contributed by atoms with van der Waals surface area (Å²) in [5.74, 6) is 0. The van der Waals surface area contributed by atoms with E-state index >= 15 is 0 Å². The highest BCUT2D eigenvalue weighted by Crippen LogP contribution is 2.35. The van der Waals surface area contributed by atoms with Crippen LogP contribution in [0.3, 0.4) is 0 Å². The number of hydrogen-bond donors (Lipinski definition) is 0. The van der Waals surface area contributed by atoms with Crippen molar-refractivity contribution in [3.63, 3.8) is 0 Å². The molecular weight excluding hydrogens is 224 g/mol. The highest BCUT2D eigenvalue weighted by atomic mass is 32.1. The molecule has 0 spiro atoms. The van der Waals surface area contributed by atoms with E-state index in [1.54, 1.807) is 0 Å². The number of fused-ring (bicyclic) bond motifs is 1. The smallest absolute Gasteiger partial charge is 0.0351 e. The third-order valence-electron chi connectivity index (χ3n) is 3.16. The van der Waals surface area contributed by atoms with Crippen LogP contribution < -0.4 is 0 Å². The van der Waals surface area contributed by atoms with Gasteiger partial charge in [-0.3, -0.25) is 0 Å². The second-order valence-corrected chi connectivity index (χ2v) is 5.10. The van der Waals surface area contributed by atoms with Crippen molar-refractivity contribution in [1.82, 2.24) is 0 Å². The Hall–Kier alpha value is -1.60. The minimum atomic E-state index is 1.08. The van der Waals surface area contributed by atoms with Crippen molar-refractivity contribution < 1.29 is 0 Å². The van der Waals surface area contributed by atoms with E-state index < -0.39 is 0 Å². The average molecular weight is 238 g/mol. The molecule has 1 heteroatoms. The molecule has 0 radical (unpaired) electrons. The molecule has 0 nitrogen and oxygen atoms in total. The van der Waals surface area contributed by atoms with Gasteiger partial charge in [-0.25, -0.2) is 0 Å². The lowest BCUT2D eigenvalue weighted by molar-refractivity contribution is 1.15. The number of rotatable bonds is 2. The van der Waals surface area contributed by atoms with Gasteiger partial charge in [0, 0.05) is 10.4 Å². The summed E-state index contributed by atoms with van der Waals surface area (Å²) in [5, 5.41) is 4.85. The first-order chi connectivity index (χ1) is 8.40. The summed E-state index contributed by atoms with van der Waals surface area (Å²) >= 11 is 1.82. The Labute approximate surface area is 106 Å². The highest BCUT2D eigenvalue weighted by molar-refractivity contribution is 7.13. The first-order valence-corrected chi connectivity index (χ1v) is 6.82. The van der Waals surface area contributed by atoms with Crippen molar-refractivity contribution in [3.8, 4) is 10.4 Å². The van der Waals surface area contributed by atoms with E-state index in [-0.39, 0.29) is 0 Å². The van der Waals surface area contributed by atoms with Gasteiger partial charge in [0.25, 0.3) is 0 Å². The number of aryl methyl sites for hydroxylation is 1. The molecule has 0 amide bonds. The summed E-state index contributed by atoms with van der Waals surface area (Å²) in [5.41, 5.74) is 2.85. The molecule has 0 saturated heterocycles. The van der Waals surface area contributed by atoms with Gasteiger partial charge in [-0.15, -0.1) is 11.3 Å². The quantitative estimate of drug-likeness (QED) is 0.580. The van der Waals surface area contributed by atoms with Crippen LogP contribution in [0.5, 0.6) is 0 Å². The second-order valence-electron chi connectivity index (χ2n) is 4.15. The fourth-order valence-electron chi connectivity index (χ4n) is 2.32. The molecular formula is C16H14S. The number of benzene rings is 2. The van der Waals surface area contributed by atoms with Gasteiger partial charge in [-0.05, 0) is 34.2 Å². The first kappa shape index (κ1) is 10.5. The molecule has 0 aliphatic rings. The van der Waals surface area contributed by atoms with Crippen LogP contribution in [0.4, 0.5) is 0 Å². The molecule has 1 aromatic heterocycles. The maximum Gasteiger partial charge on any atom is 0.0351 e. The zero-order valence-corrected chi connectivity index (χ0v) is 10.6. The van der Waals surface area contributed by atoms with Crippen molar-refractivity contribution >= 4 is 22.1 Å². The zero-order valence-electron chi connectivity index (χ0n) is 9.81. The monoisotopic (exact) mass is 238 g/mol. The molecule has 0 N–H and O–H groups in total. The van der Waals surface area contributed by atoms with Gasteiger partial charge in [0.15, 0.2) is 0 Å². The Bertz CT molecular complexity index is 636. The van der Waals surface area contributed by atoms with Crippen LogP contribution in [0, 0.1) is 0 Å². The number of hydrogen-bond acceptors (Lipinski definition) is 1. The predicted octanol–water partition coefficient (Wildman–Crippen LogP) is 5.13. The van der Waals surface area contributed by atoms with Crippen molar-refractivity contribution in [1.29, 1.82) is 0 Å². The predicted molar refractivity (Wildman–Crippen MR) is 76.6 cm³/mol. The van der Waals surface area contributed by atoms with Gasteiger partial charge >= 0.3 is 0 Å². The van der Waals surface area contributed by atoms with Crippen LogP contribution in [0.1, 0.15) is 12.5 Å². The van der Waals surface area contributed by atoms with E-state index in [4.69, 9.17) is 0 Å². The molecule has 0 fully saturated rings. The molecule has 3 aromatic rings. The zero-order chi connectivity index (χ0) is 11.7. The molecule has 0 atom stereocenters. The van der Waals surface area contributed by atoms with Crippen LogP contribution >= 0.6 is 11.3 Å². The summed E-state index contributed by atoms with van der Waals surface area (Å²) in [6.07, 6.45) is 1.08. The van der Waals surface area contributed by atoms with E-state index in [9.17, 15) is 0 Å². The summed E-state index contributed by atoms with van der Waals surface area (Å²) in [6.45, 7) is 2.22. The molecule has 1 heterocycles. The van der Waals surface area contributed by atoms with Gasteiger partial charge in [0.1, 0.15) is 0 Å². The van der Waals surface area contributed by atoms with Crippen LogP contribution in [0.2, 0.25) is 0 Å². The Morgan fingerprint density at radius 3 is 2.59 bits per heavy atom. The molecule has 17 heavy (non-hydrogen) atoms. The SMILES string of the molecule is CCc1ccc2ccccc2c1-c1cccs1. The molecule has 0 bridgehead atoms. The number of thiophene rings is 1. The maximum atomic E-state index is 2.26. The largest absolute Gasteiger partial charge is 0.144 e. The molecule has 0 saturated carbocycles. The second kappa shape index (κ2) is 4.34. The fourth-order valence-corrected chi connectivity index (χ4v) is 3.14. The summed E-state index contributed by atoms with van der Waals surface area (Å²) < 4.78 is 0. The molecule has 2 aromatic carbocycles. The minimum absolute atomic E-state index is 1.08. The lowest BCUT2D eigenvalue weighted by Crippen LogP contribution is -1.87. The van der Waals surface area contributed by atoms with Crippen LogP contribution in [0.15, 0.2) is 53.9 Å². The Kier molecular flexibility index (Phi) is 2.69. The topological polar surface area (TPSA) is 0 Å².